The first-order valence-corrected chi connectivity index (χ1v) is 4.64. The molecule has 1 rings (SSSR count). The predicted molar refractivity (Wildman–Crippen MR) is 51.1 cm³/mol. The van der Waals surface area contributed by atoms with Crippen LogP contribution in [0, 0.1) is 0 Å². The van der Waals surface area contributed by atoms with Crippen molar-refractivity contribution in [1.29, 1.82) is 0 Å². The van der Waals surface area contributed by atoms with Crippen LogP contribution < -0.4 is 10.8 Å². The number of carboxylic acids is 1. The molecule has 0 unspecified atom stereocenters. The van der Waals surface area contributed by atoms with Crippen LogP contribution in [0.2, 0.25) is 0 Å². The molecule has 0 bridgehead atoms. The molecule has 0 radical (unpaired) electrons. The molecule has 0 spiro atoms. The third-order valence-corrected chi connectivity index (χ3v) is 2.45. The molecule has 0 aliphatic carbocycles. The first-order chi connectivity index (χ1) is 6.48. The lowest BCUT2D eigenvalue weighted by molar-refractivity contribution is -0.489. The van der Waals surface area contributed by atoms with Crippen LogP contribution in [-0.2, 0) is 16.8 Å². The Balaban J connectivity index is 3.02. The van der Waals surface area contributed by atoms with Crippen LogP contribution in [0.25, 0.3) is 0 Å². The normalized spacial score (nSPS) is 14.8. The molecular formula is C11H15NO2. The minimum atomic E-state index is -1.16. The lowest BCUT2D eigenvalue weighted by Crippen LogP contribution is -2.75. The number of hydrogen-bond donors (Lipinski definition) is 1. The Morgan fingerprint density at radius 3 is 2.29 bits per heavy atom. The molecule has 0 saturated heterocycles. The fourth-order valence-electron chi connectivity index (χ4n) is 1.23. The van der Waals surface area contributed by atoms with Gasteiger partial charge in [-0.25, -0.2) is 0 Å². The van der Waals surface area contributed by atoms with Crippen LogP contribution in [0.5, 0.6) is 0 Å². The van der Waals surface area contributed by atoms with Gasteiger partial charge in [-0.05, 0) is 12.0 Å². The topological polar surface area (TPSA) is 67.8 Å². The molecule has 0 aliphatic rings. The second kappa shape index (κ2) is 3.80. The maximum Gasteiger partial charge on any atom is 0.157 e. The van der Waals surface area contributed by atoms with Crippen LogP contribution in [0.15, 0.2) is 24.3 Å². The molecular weight excluding hydrogens is 178 g/mol. The highest BCUT2D eigenvalue weighted by molar-refractivity contribution is 5.76. The SMILES string of the molecule is CCc1ccc([C@](C)([NH3+])C(=O)[O-])cc1. The van der Waals surface area contributed by atoms with Crippen LogP contribution in [0.3, 0.4) is 0 Å². The highest BCUT2D eigenvalue weighted by Crippen LogP contribution is 2.15. The molecule has 1 aromatic rings. The smallest absolute Gasteiger partial charge is 0.157 e. The molecule has 76 valence electrons. The van der Waals surface area contributed by atoms with Gasteiger partial charge in [0, 0.05) is 12.5 Å². The van der Waals surface area contributed by atoms with Crippen molar-refractivity contribution >= 4 is 5.97 Å². The van der Waals surface area contributed by atoms with Crippen molar-refractivity contribution in [3.8, 4) is 0 Å². The van der Waals surface area contributed by atoms with E-state index in [2.05, 4.69) is 12.7 Å². The molecule has 0 saturated carbocycles. The lowest BCUT2D eigenvalue weighted by atomic mass is 9.92. The van der Waals surface area contributed by atoms with Gasteiger partial charge < -0.3 is 15.6 Å². The number of aliphatic carboxylic acids is 1. The third-order valence-electron chi connectivity index (χ3n) is 2.45. The zero-order valence-electron chi connectivity index (χ0n) is 8.54. The van der Waals surface area contributed by atoms with E-state index >= 15 is 0 Å². The fourth-order valence-corrected chi connectivity index (χ4v) is 1.23. The molecule has 0 aliphatic heterocycles. The summed E-state index contributed by atoms with van der Waals surface area (Å²) in [5.41, 5.74) is 4.33. The Hall–Kier alpha value is -1.35. The van der Waals surface area contributed by atoms with Crippen LogP contribution >= 0.6 is 0 Å². The van der Waals surface area contributed by atoms with Crippen molar-refractivity contribution in [3.05, 3.63) is 35.4 Å². The Bertz CT molecular complexity index is 328. The minimum absolute atomic E-state index is 0.676. The molecule has 1 atom stereocenters. The van der Waals surface area contributed by atoms with Gasteiger partial charge in [-0.3, -0.25) is 0 Å². The highest BCUT2D eigenvalue weighted by Gasteiger charge is 2.26. The maximum absolute atomic E-state index is 10.8. The van der Waals surface area contributed by atoms with Gasteiger partial charge in [-0.15, -0.1) is 0 Å². The number of benzene rings is 1. The van der Waals surface area contributed by atoms with E-state index in [0.29, 0.717) is 5.56 Å². The number of carbonyl (C=O) groups is 1. The van der Waals surface area contributed by atoms with Gasteiger partial charge in [-0.1, -0.05) is 31.2 Å². The van der Waals surface area contributed by atoms with E-state index in [1.54, 1.807) is 19.1 Å². The summed E-state index contributed by atoms with van der Waals surface area (Å²) >= 11 is 0. The summed E-state index contributed by atoms with van der Waals surface area (Å²) in [5.74, 6) is -1.15. The number of carboxylic acid groups (broad SMARTS) is 1. The zero-order valence-corrected chi connectivity index (χ0v) is 8.54. The number of carbonyl (C=O) groups excluding carboxylic acids is 1. The molecule has 14 heavy (non-hydrogen) atoms. The average Bonchev–Trinajstić information content (AvgIpc) is 2.17. The van der Waals surface area contributed by atoms with E-state index in [4.69, 9.17) is 0 Å². The average molecular weight is 193 g/mol. The summed E-state index contributed by atoms with van der Waals surface area (Å²) in [6.07, 6.45) is 0.944. The van der Waals surface area contributed by atoms with Gasteiger partial charge in [0.15, 0.2) is 5.54 Å². The molecule has 1 aromatic carbocycles. The lowest BCUT2D eigenvalue weighted by Gasteiger charge is -2.22. The second-order valence-electron chi connectivity index (χ2n) is 3.67. The van der Waals surface area contributed by atoms with Crippen molar-refractivity contribution in [3.63, 3.8) is 0 Å². The number of rotatable bonds is 3. The van der Waals surface area contributed by atoms with Crippen LogP contribution in [0.4, 0.5) is 0 Å². The summed E-state index contributed by atoms with van der Waals surface area (Å²) in [4.78, 5) is 10.8. The number of quaternary nitrogens is 1. The van der Waals surface area contributed by atoms with Crippen molar-refractivity contribution in [1.82, 2.24) is 0 Å². The Morgan fingerprint density at radius 2 is 1.93 bits per heavy atom. The van der Waals surface area contributed by atoms with Crippen molar-refractivity contribution in [2.45, 2.75) is 25.8 Å². The summed E-state index contributed by atoms with van der Waals surface area (Å²) in [5, 5.41) is 10.8. The zero-order chi connectivity index (χ0) is 10.8. The van der Waals surface area contributed by atoms with Crippen molar-refractivity contribution < 1.29 is 15.6 Å². The molecule has 3 heteroatoms. The van der Waals surface area contributed by atoms with Gasteiger partial charge in [0.2, 0.25) is 0 Å². The largest absolute Gasteiger partial charge is 0.543 e. The predicted octanol–water partition coefficient (Wildman–Crippen LogP) is -0.544. The first-order valence-electron chi connectivity index (χ1n) is 4.64. The monoisotopic (exact) mass is 193 g/mol. The molecule has 0 amide bonds. The highest BCUT2D eigenvalue weighted by atomic mass is 16.4. The second-order valence-corrected chi connectivity index (χ2v) is 3.67. The molecule has 0 fully saturated rings. The van der Waals surface area contributed by atoms with Gasteiger partial charge >= 0.3 is 0 Å². The molecule has 3 nitrogen and oxygen atoms in total. The van der Waals surface area contributed by atoms with Gasteiger partial charge in [0.25, 0.3) is 0 Å². The summed E-state index contributed by atoms with van der Waals surface area (Å²) in [7, 11) is 0. The van der Waals surface area contributed by atoms with Crippen molar-refractivity contribution in [2.75, 3.05) is 0 Å². The Kier molecular flexibility index (Phi) is 2.91. The van der Waals surface area contributed by atoms with E-state index < -0.39 is 11.5 Å². The molecule has 0 aromatic heterocycles. The van der Waals surface area contributed by atoms with E-state index in [1.807, 2.05) is 12.1 Å². The van der Waals surface area contributed by atoms with E-state index in [0.717, 1.165) is 6.42 Å². The molecule has 0 heterocycles. The minimum Gasteiger partial charge on any atom is -0.543 e. The van der Waals surface area contributed by atoms with Gasteiger partial charge in [-0.2, -0.15) is 0 Å². The van der Waals surface area contributed by atoms with E-state index in [9.17, 15) is 9.90 Å². The van der Waals surface area contributed by atoms with Gasteiger partial charge in [0.1, 0.15) is 5.97 Å². The number of aryl methyl sites for hydroxylation is 1. The fraction of sp³-hybridized carbons (Fsp3) is 0.364. The Labute approximate surface area is 83.6 Å². The summed E-state index contributed by atoms with van der Waals surface area (Å²) in [6.45, 7) is 3.60. The van der Waals surface area contributed by atoms with Crippen LogP contribution in [-0.4, -0.2) is 5.97 Å². The van der Waals surface area contributed by atoms with Gasteiger partial charge in [0.05, 0.1) is 0 Å². The molecule has 3 N–H and O–H groups in total. The van der Waals surface area contributed by atoms with Crippen LogP contribution in [0.1, 0.15) is 25.0 Å². The van der Waals surface area contributed by atoms with E-state index in [1.165, 1.54) is 5.56 Å². The summed E-state index contributed by atoms with van der Waals surface area (Å²) < 4.78 is 0. The third kappa shape index (κ3) is 1.93. The van der Waals surface area contributed by atoms with Crippen molar-refractivity contribution in [2.24, 2.45) is 0 Å². The standard InChI is InChI=1S/C11H15NO2/c1-3-8-4-6-9(7-5-8)11(2,12)10(13)14/h4-7H,3,12H2,1-2H3,(H,13,14)/t11-/m0/s1. The number of hydrogen-bond acceptors (Lipinski definition) is 2. The quantitative estimate of drug-likeness (QED) is 0.700. The maximum atomic E-state index is 10.8. The van der Waals surface area contributed by atoms with E-state index in [-0.39, 0.29) is 0 Å². The Morgan fingerprint density at radius 1 is 1.43 bits per heavy atom. The summed E-state index contributed by atoms with van der Waals surface area (Å²) in [6, 6.07) is 7.42. The first kappa shape index (κ1) is 10.7.